The van der Waals surface area contributed by atoms with Gasteiger partial charge in [-0.25, -0.2) is 4.98 Å². The fraction of sp³-hybridized carbons (Fsp3) is 0.200. The Hall–Kier alpha value is -3.02. The number of pyridine rings is 1. The van der Waals surface area contributed by atoms with Crippen LogP contribution in [0.2, 0.25) is 0 Å². The van der Waals surface area contributed by atoms with E-state index >= 15 is 0 Å². The number of aryl methyl sites for hydroxylation is 1. The van der Waals surface area contributed by atoms with Crippen LogP contribution in [-0.2, 0) is 26.2 Å². The summed E-state index contributed by atoms with van der Waals surface area (Å²) >= 11 is 1.72. The molecule has 4 nitrogen and oxygen atoms in total. The molecule has 0 atom stereocenters. The molecule has 0 fully saturated rings. The molecule has 4 aromatic rings. The first kappa shape index (κ1) is 20.3. The average molecular weight is 416 g/mol. The summed E-state index contributed by atoms with van der Waals surface area (Å²) in [5, 5.41) is 3.25. The van der Waals surface area contributed by atoms with Gasteiger partial charge in [-0.1, -0.05) is 48.5 Å². The van der Waals surface area contributed by atoms with Gasteiger partial charge < -0.3 is 4.74 Å². The number of rotatable bonds is 9. The van der Waals surface area contributed by atoms with Crippen LogP contribution in [0.3, 0.4) is 0 Å². The van der Waals surface area contributed by atoms with E-state index < -0.39 is 0 Å². The SMILES string of the molecule is Cc1csc(CN(Cc2ccc(OCc3ccccc3)cc2)Cc2cccnc2)n1. The van der Waals surface area contributed by atoms with Crippen LogP contribution in [0.25, 0.3) is 0 Å². The molecular weight excluding hydrogens is 390 g/mol. The standard InChI is InChI=1S/C25H25N3OS/c1-20-19-30-25(27-20)17-28(16-23-8-5-13-26-14-23)15-21-9-11-24(12-10-21)29-18-22-6-3-2-4-7-22/h2-14,19H,15-18H2,1H3. The van der Waals surface area contributed by atoms with Crippen molar-refractivity contribution in [2.45, 2.75) is 33.2 Å². The molecule has 5 heteroatoms. The van der Waals surface area contributed by atoms with Crippen LogP contribution in [0.1, 0.15) is 27.4 Å². The van der Waals surface area contributed by atoms with Gasteiger partial charge in [0.2, 0.25) is 0 Å². The summed E-state index contributed by atoms with van der Waals surface area (Å²) in [4.78, 5) is 11.3. The minimum Gasteiger partial charge on any atom is -0.489 e. The summed E-state index contributed by atoms with van der Waals surface area (Å²) < 4.78 is 5.92. The summed E-state index contributed by atoms with van der Waals surface area (Å²) in [5.74, 6) is 0.886. The Morgan fingerprint density at radius 3 is 2.30 bits per heavy atom. The second-order valence-electron chi connectivity index (χ2n) is 7.31. The Morgan fingerprint density at radius 1 is 0.833 bits per heavy atom. The topological polar surface area (TPSA) is 38.2 Å². The van der Waals surface area contributed by atoms with Gasteiger partial charge in [-0.15, -0.1) is 11.3 Å². The van der Waals surface area contributed by atoms with Gasteiger partial charge in [0, 0.05) is 36.6 Å². The number of thiazole rings is 1. The zero-order valence-electron chi connectivity index (χ0n) is 17.1. The van der Waals surface area contributed by atoms with Crippen molar-refractivity contribution in [3.63, 3.8) is 0 Å². The normalized spacial score (nSPS) is 11.0. The minimum absolute atomic E-state index is 0.580. The van der Waals surface area contributed by atoms with E-state index in [9.17, 15) is 0 Å². The van der Waals surface area contributed by atoms with E-state index in [0.717, 1.165) is 36.1 Å². The second-order valence-corrected chi connectivity index (χ2v) is 8.25. The molecule has 0 saturated heterocycles. The highest BCUT2D eigenvalue weighted by Gasteiger charge is 2.11. The van der Waals surface area contributed by atoms with Crippen LogP contribution in [0.4, 0.5) is 0 Å². The van der Waals surface area contributed by atoms with E-state index in [0.29, 0.717) is 6.61 Å². The molecular formula is C25H25N3OS. The monoisotopic (exact) mass is 415 g/mol. The van der Waals surface area contributed by atoms with Crippen molar-refractivity contribution in [1.82, 2.24) is 14.9 Å². The maximum Gasteiger partial charge on any atom is 0.119 e. The number of aromatic nitrogens is 2. The quantitative estimate of drug-likeness (QED) is 0.355. The molecule has 0 N–H and O–H groups in total. The fourth-order valence-corrected chi connectivity index (χ4v) is 4.09. The first-order chi connectivity index (χ1) is 14.7. The van der Waals surface area contributed by atoms with Gasteiger partial charge in [-0.05, 0) is 41.8 Å². The third-order valence-electron chi connectivity index (χ3n) is 4.73. The van der Waals surface area contributed by atoms with Crippen LogP contribution in [-0.4, -0.2) is 14.9 Å². The summed E-state index contributed by atoms with van der Waals surface area (Å²) in [6.07, 6.45) is 3.74. The molecule has 2 heterocycles. The number of nitrogens with zero attached hydrogens (tertiary/aromatic N) is 3. The van der Waals surface area contributed by atoms with Crippen molar-refractivity contribution in [2.75, 3.05) is 0 Å². The lowest BCUT2D eigenvalue weighted by Gasteiger charge is -2.21. The summed E-state index contributed by atoms with van der Waals surface area (Å²) in [7, 11) is 0. The van der Waals surface area contributed by atoms with Gasteiger partial charge in [0.15, 0.2) is 0 Å². The van der Waals surface area contributed by atoms with Crippen LogP contribution >= 0.6 is 11.3 Å². The van der Waals surface area contributed by atoms with Crippen molar-refractivity contribution in [1.29, 1.82) is 0 Å². The zero-order valence-corrected chi connectivity index (χ0v) is 17.9. The Morgan fingerprint density at radius 2 is 1.60 bits per heavy atom. The first-order valence-electron chi connectivity index (χ1n) is 10.0. The Bertz CT molecular complexity index is 1030. The van der Waals surface area contributed by atoms with Crippen molar-refractivity contribution in [3.05, 3.63) is 112 Å². The predicted octanol–water partition coefficient (Wildman–Crippen LogP) is 5.63. The van der Waals surface area contributed by atoms with Gasteiger partial charge in [0.25, 0.3) is 0 Å². The zero-order chi connectivity index (χ0) is 20.6. The smallest absolute Gasteiger partial charge is 0.119 e. The van der Waals surface area contributed by atoms with Gasteiger partial charge >= 0.3 is 0 Å². The molecule has 0 unspecified atom stereocenters. The molecule has 0 aliphatic carbocycles. The highest BCUT2D eigenvalue weighted by atomic mass is 32.1. The van der Waals surface area contributed by atoms with Gasteiger partial charge in [0.05, 0.1) is 6.54 Å². The molecule has 0 amide bonds. The number of benzene rings is 2. The highest BCUT2D eigenvalue weighted by Crippen LogP contribution is 2.19. The first-order valence-corrected chi connectivity index (χ1v) is 10.9. The third kappa shape index (κ3) is 5.99. The third-order valence-corrected chi connectivity index (χ3v) is 5.68. The highest BCUT2D eigenvalue weighted by molar-refractivity contribution is 7.09. The molecule has 0 saturated carbocycles. The van der Waals surface area contributed by atoms with Crippen LogP contribution in [0.15, 0.2) is 84.5 Å². The molecule has 0 radical (unpaired) electrons. The van der Waals surface area contributed by atoms with Crippen LogP contribution in [0, 0.1) is 6.92 Å². The molecule has 0 aliphatic heterocycles. The van der Waals surface area contributed by atoms with E-state index in [2.05, 4.69) is 50.6 Å². The molecule has 152 valence electrons. The van der Waals surface area contributed by atoms with Crippen molar-refractivity contribution < 1.29 is 4.74 Å². The molecule has 0 spiro atoms. The Balaban J connectivity index is 1.41. The molecule has 2 aromatic heterocycles. The second kappa shape index (κ2) is 10.1. The number of ether oxygens (including phenoxy) is 1. The lowest BCUT2D eigenvalue weighted by atomic mass is 10.2. The molecule has 30 heavy (non-hydrogen) atoms. The summed E-state index contributed by atoms with van der Waals surface area (Å²) in [6.45, 7) is 5.11. The van der Waals surface area contributed by atoms with E-state index in [1.54, 1.807) is 11.3 Å². The fourth-order valence-electron chi connectivity index (χ4n) is 3.27. The van der Waals surface area contributed by atoms with E-state index in [-0.39, 0.29) is 0 Å². The lowest BCUT2D eigenvalue weighted by molar-refractivity contribution is 0.246. The van der Waals surface area contributed by atoms with Crippen molar-refractivity contribution in [3.8, 4) is 5.75 Å². The van der Waals surface area contributed by atoms with E-state index in [1.807, 2.05) is 55.7 Å². The van der Waals surface area contributed by atoms with E-state index in [4.69, 9.17) is 4.74 Å². The van der Waals surface area contributed by atoms with Crippen molar-refractivity contribution >= 4 is 11.3 Å². The minimum atomic E-state index is 0.580. The maximum absolute atomic E-state index is 5.92. The largest absolute Gasteiger partial charge is 0.489 e. The molecule has 0 bridgehead atoms. The van der Waals surface area contributed by atoms with E-state index in [1.165, 1.54) is 16.7 Å². The Labute approximate surface area is 181 Å². The van der Waals surface area contributed by atoms with Gasteiger partial charge in [-0.3, -0.25) is 9.88 Å². The van der Waals surface area contributed by atoms with Gasteiger partial charge in [-0.2, -0.15) is 0 Å². The lowest BCUT2D eigenvalue weighted by Crippen LogP contribution is -2.22. The van der Waals surface area contributed by atoms with Crippen LogP contribution < -0.4 is 4.74 Å². The molecule has 0 aliphatic rings. The summed E-state index contributed by atoms with van der Waals surface area (Å²) in [6, 6.07) is 22.7. The maximum atomic E-state index is 5.92. The molecule has 4 rings (SSSR count). The average Bonchev–Trinajstić information content (AvgIpc) is 3.19. The predicted molar refractivity (Wildman–Crippen MR) is 121 cm³/mol. The number of hydrogen-bond donors (Lipinski definition) is 0. The van der Waals surface area contributed by atoms with Gasteiger partial charge in [0.1, 0.15) is 17.4 Å². The van der Waals surface area contributed by atoms with Crippen molar-refractivity contribution in [2.24, 2.45) is 0 Å². The molecule has 2 aromatic carbocycles. The summed E-state index contributed by atoms with van der Waals surface area (Å²) in [5.41, 5.74) is 4.70. The number of hydrogen-bond acceptors (Lipinski definition) is 5. The Kier molecular flexibility index (Phi) is 6.85. The van der Waals surface area contributed by atoms with Crippen LogP contribution in [0.5, 0.6) is 5.75 Å².